The molecule has 2 rings (SSSR count). The average Bonchev–Trinajstić information content (AvgIpc) is 2.93. The molecule has 1 aromatic heterocycles. The maximum absolute atomic E-state index is 12.8. The Balaban J connectivity index is 2.24. The maximum Gasteiger partial charge on any atom is 0.406 e. The first kappa shape index (κ1) is 18.4. The fraction of sp³-hybridized carbons (Fsp3) is 0.412. The molecular weight excluding hydrogens is 337 g/mol. The Bertz CT molecular complexity index is 674. The number of halogens is 3. The van der Waals surface area contributed by atoms with E-state index < -0.39 is 24.0 Å². The third kappa shape index (κ3) is 5.33. The number of carbonyl (C=O) groups is 1. The van der Waals surface area contributed by atoms with E-state index in [1.54, 1.807) is 20.8 Å². The summed E-state index contributed by atoms with van der Waals surface area (Å²) in [6, 6.07) is 9.23. The normalized spacial score (nSPS) is 12.2. The Morgan fingerprint density at radius 3 is 2.29 bits per heavy atom. The Hall–Kier alpha value is -1.89. The smallest absolute Gasteiger partial charge is 0.328 e. The average molecular weight is 356 g/mol. The van der Waals surface area contributed by atoms with Crippen LogP contribution in [0.4, 0.5) is 13.2 Å². The summed E-state index contributed by atoms with van der Waals surface area (Å²) in [6.07, 6.45) is -4.45. The van der Waals surface area contributed by atoms with E-state index in [2.05, 4.69) is 4.98 Å². The van der Waals surface area contributed by atoms with E-state index in [9.17, 15) is 18.0 Å². The van der Waals surface area contributed by atoms with Gasteiger partial charge in [-0.3, -0.25) is 4.79 Å². The Labute approximate surface area is 143 Å². The van der Waals surface area contributed by atoms with Crippen LogP contribution in [0.5, 0.6) is 0 Å². The van der Waals surface area contributed by atoms with Crippen LogP contribution >= 0.6 is 11.3 Å². The number of hydrogen-bond donors (Lipinski definition) is 0. The third-order valence-electron chi connectivity index (χ3n) is 3.07. The fourth-order valence-electron chi connectivity index (χ4n) is 2.24. The van der Waals surface area contributed by atoms with E-state index >= 15 is 0 Å². The summed E-state index contributed by atoms with van der Waals surface area (Å²) in [7, 11) is 0. The first-order valence-corrected chi connectivity index (χ1v) is 8.30. The van der Waals surface area contributed by atoms with E-state index in [0.29, 0.717) is 5.01 Å². The van der Waals surface area contributed by atoms with Gasteiger partial charge < -0.3 is 4.90 Å². The molecule has 7 heteroatoms. The van der Waals surface area contributed by atoms with Crippen LogP contribution in [0.15, 0.2) is 35.7 Å². The van der Waals surface area contributed by atoms with Crippen LogP contribution in [-0.4, -0.2) is 35.1 Å². The van der Waals surface area contributed by atoms with Crippen molar-refractivity contribution in [1.82, 2.24) is 9.88 Å². The number of nitrogens with zero attached hydrogens (tertiary/aromatic N) is 2. The lowest BCUT2D eigenvalue weighted by Gasteiger charge is -2.30. The van der Waals surface area contributed by atoms with E-state index in [0.717, 1.165) is 10.5 Å². The lowest BCUT2D eigenvalue weighted by atomic mass is 9.96. The highest BCUT2D eigenvalue weighted by Gasteiger charge is 2.35. The van der Waals surface area contributed by atoms with Crippen molar-refractivity contribution < 1.29 is 18.0 Å². The zero-order valence-electron chi connectivity index (χ0n) is 13.7. The van der Waals surface area contributed by atoms with Gasteiger partial charge in [0.05, 0.1) is 0 Å². The standard InChI is InChI=1S/C17H19F3N2OS/c1-16(2,3)10-22(11-17(18,19)20)15(23)13-9-24-14(21-13)12-7-5-4-6-8-12/h4-9H,10-11H2,1-3H3. The van der Waals surface area contributed by atoms with Gasteiger partial charge in [-0.25, -0.2) is 4.98 Å². The van der Waals surface area contributed by atoms with Gasteiger partial charge in [0.25, 0.3) is 5.91 Å². The molecule has 1 heterocycles. The Kier molecular flexibility index (Phi) is 5.32. The predicted octanol–water partition coefficient (Wildman–Crippen LogP) is 4.86. The van der Waals surface area contributed by atoms with Gasteiger partial charge in [-0.1, -0.05) is 51.1 Å². The summed E-state index contributed by atoms with van der Waals surface area (Å²) in [5.41, 5.74) is 0.436. The Morgan fingerprint density at radius 1 is 1.12 bits per heavy atom. The van der Waals surface area contributed by atoms with E-state index in [1.807, 2.05) is 30.3 Å². The SMILES string of the molecule is CC(C)(C)CN(CC(F)(F)F)C(=O)c1csc(-c2ccccc2)n1. The highest BCUT2D eigenvalue weighted by molar-refractivity contribution is 7.13. The fourth-order valence-corrected chi connectivity index (χ4v) is 3.04. The van der Waals surface area contributed by atoms with Gasteiger partial charge in [-0.05, 0) is 5.41 Å². The minimum absolute atomic E-state index is 0.00351. The molecule has 130 valence electrons. The molecule has 0 aliphatic carbocycles. The van der Waals surface area contributed by atoms with Crippen LogP contribution in [0.1, 0.15) is 31.3 Å². The van der Waals surface area contributed by atoms with E-state index in [1.165, 1.54) is 16.7 Å². The summed E-state index contributed by atoms with van der Waals surface area (Å²) in [4.78, 5) is 17.6. The van der Waals surface area contributed by atoms with Gasteiger partial charge in [0.1, 0.15) is 17.2 Å². The highest BCUT2D eigenvalue weighted by atomic mass is 32.1. The van der Waals surface area contributed by atoms with Crippen LogP contribution < -0.4 is 0 Å². The van der Waals surface area contributed by atoms with Crippen molar-refractivity contribution in [3.05, 3.63) is 41.4 Å². The van der Waals surface area contributed by atoms with Gasteiger partial charge in [-0.15, -0.1) is 11.3 Å². The van der Waals surface area contributed by atoms with E-state index in [-0.39, 0.29) is 12.2 Å². The van der Waals surface area contributed by atoms with Crippen molar-refractivity contribution in [2.24, 2.45) is 5.41 Å². The second-order valence-corrected chi connectivity index (χ2v) is 7.60. The predicted molar refractivity (Wildman–Crippen MR) is 89.0 cm³/mol. The number of rotatable bonds is 4. The molecule has 0 fully saturated rings. The van der Waals surface area contributed by atoms with Crippen LogP contribution in [0.2, 0.25) is 0 Å². The molecule has 0 N–H and O–H groups in total. The molecule has 0 bridgehead atoms. The summed E-state index contributed by atoms with van der Waals surface area (Å²) in [5.74, 6) is -0.694. The third-order valence-corrected chi connectivity index (χ3v) is 3.96. The summed E-state index contributed by atoms with van der Waals surface area (Å²) >= 11 is 1.24. The van der Waals surface area contributed by atoms with Gasteiger partial charge in [0.15, 0.2) is 0 Å². The van der Waals surface area contributed by atoms with Gasteiger partial charge in [0.2, 0.25) is 0 Å². The molecule has 3 nitrogen and oxygen atoms in total. The number of hydrogen-bond acceptors (Lipinski definition) is 3. The molecule has 0 saturated carbocycles. The number of benzene rings is 1. The van der Waals surface area contributed by atoms with Crippen molar-refractivity contribution >= 4 is 17.2 Å². The van der Waals surface area contributed by atoms with Crippen LogP contribution in [0.3, 0.4) is 0 Å². The first-order chi connectivity index (χ1) is 11.1. The molecule has 0 aliphatic rings. The molecule has 1 amide bonds. The number of amides is 1. The van der Waals surface area contributed by atoms with Gasteiger partial charge in [-0.2, -0.15) is 13.2 Å². The summed E-state index contributed by atoms with van der Waals surface area (Å²) in [6.45, 7) is 4.10. The quantitative estimate of drug-likeness (QED) is 0.784. The molecule has 1 aromatic carbocycles. The van der Waals surface area contributed by atoms with Gasteiger partial charge in [0, 0.05) is 17.5 Å². The van der Waals surface area contributed by atoms with Gasteiger partial charge >= 0.3 is 6.18 Å². The molecular formula is C17H19F3N2OS. The van der Waals surface area contributed by atoms with Crippen molar-refractivity contribution in [2.75, 3.05) is 13.1 Å². The molecule has 0 saturated heterocycles. The molecule has 24 heavy (non-hydrogen) atoms. The van der Waals surface area contributed by atoms with Crippen molar-refractivity contribution in [3.8, 4) is 10.6 Å². The molecule has 0 unspecified atom stereocenters. The summed E-state index contributed by atoms with van der Waals surface area (Å²) in [5, 5.41) is 2.12. The molecule has 0 spiro atoms. The second-order valence-electron chi connectivity index (χ2n) is 6.74. The van der Waals surface area contributed by atoms with Crippen LogP contribution in [0.25, 0.3) is 10.6 Å². The zero-order valence-corrected chi connectivity index (χ0v) is 14.5. The second kappa shape index (κ2) is 6.93. The number of thiazole rings is 1. The lowest BCUT2D eigenvalue weighted by Crippen LogP contribution is -2.43. The lowest BCUT2D eigenvalue weighted by molar-refractivity contribution is -0.142. The van der Waals surface area contributed by atoms with Crippen molar-refractivity contribution in [2.45, 2.75) is 26.9 Å². The maximum atomic E-state index is 12.8. The molecule has 0 radical (unpaired) electrons. The molecule has 0 atom stereocenters. The van der Waals surface area contributed by atoms with Crippen molar-refractivity contribution in [3.63, 3.8) is 0 Å². The summed E-state index contributed by atoms with van der Waals surface area (Å²) < 4.78 is 38.4. The topological polar surface area (TPSA) is 33.2 Å². The number of alkyl halides is 3. The van der Waals surface area contributed by atoms with E-state index in [4.69, 9.17) is 0 Å². The minimum Gasteiger partial charge on any atom is -0.328 e. The number of aromatic nitrogens is 1. The number of carbonyl (C=O) groups excluding carboxylic acids is 1. The minimum atomic E-state index is -4.45. The van der Waals surface area contributed by atoms with Crippen LogP contribution in [0, 0.1) is 5.41 Å². The largest absolute Gasteiger partial charge is 0.406 e. The first-order valence-electron chi connectivity index (χ1n) is 7.42. The monoisotopic (exact) mass is 356 g/mol. The molecule has 0 aliphatic heterocycles. The highest BCUT2D eigenvalue weighted by Crippen LogP contribution is 2.26. The zero-order chi connectivity index (χ0) is 18.0. The Morgan fingerprint density at radius 2 is 1.75 bits per heavy atom. The van der Waals surface area contributed by atoms with Crippen LogP contribution in [-0.2, 0) is 0 Å². The van der Waals surface area contributed by atoms with Crippen molar-refractivity contribution in [1.29, 1.82) is 0 Å². The molecule has 2 aromatic rings.